The molecule has 152 valence electrons. The predicted molar refractivity (Wildman–Crippen MR) is 110 cm³/mol. The summed E-state index contributed by atoms with van der Waals surface area (Å²) in [6.45, 7) is 3.53. The van der Waals surface area contributed by atoms with Gasteiger partial charge in [0, 0.05) is 0 Å². The molecule has 0 saturated carbocycles. The summed E-state index contributed by atoms with van der Waals surface area (Å²) in [7, 11) is 0. The highest BCUT2D eigenvalue weighted by Gasteiger charge is 2.22. The number of nitrogens with two attached hydrogens (primary N) is 1. The molecule has 29 heavy (non-hydrogen) atoms. The summed E-state index contributed by atoms with van der Waals surface area (Å²) in [6, 6.07) is 16.6. The normalized spacial score (nSPS) is 12.4. The zero-order chi connectivity index (χ0) is 21.1. The van der Waals surface area contributed by atoms with Crippen LogP contribution in [0.2, 0.25) is 0 Å². The standard InChI is InChI=1S/C21H23N3O5/c1-3-27-20(25)18(21(26)28-4-2)19(22)24-23-14-15-10-12-17(13-11-15)29-16-8-6-5-7-9-16/h5-14,25H,3-4H2,1-2H3,(H2,22,24)/b20-18-,23-14-. The van der Waals surface area contributed by atoms with Gasteiger partial charge >= 0.3 is 5.97 Å². The lowest BCUT2D eigenvalue weighted by atomic mass is 10.2. The van der Waals surface area contributed by atoms with Gasteiger partial charge in [-0.15, -0.1) is 5.10 Å². The van der Waals surface area contributed by atoms with Gasteiger partial charge < -0.3 is 25.1 Å². The van der Waals surface area contributed by atoms with Crippen molar-refractivity contribution in [2.45, 2.75) is 13.8 Å². The van der Waals surface area contributed by atoms with E-state index in [1.807, 2.05) is 30.3 Å². The largest absolute Gasteiger partial charge is 0.480 e. The predicted octanol–water partition coefficient (Wildman–Crippen LogP) is 3.54. The van der Waals surface area contributed by atoms with Crippen molar-refractivity contribution in [2.75, 3.05) is 13.2 Å². The minimum Gasteiger partial charge on any atom is -0.480 e. The Morgan fingerprint density at radius 2 is 1.62 bits per heavy atom. The molecule has 2 aromatic rings. The second-order valence-electron chi connectivity index (χ2n) is 5.55. The monoisotopic (exact) mass is 397 g/mol. The summed E-state index contributed by atoms with van der Waals surface area (Å²) in [5.74, 6) is -0.430. The van der Waals surface area contributed by atoms with Gasteiger partial charge in [0.15, 0.2) is 11.4 Å². The lowest BCUT2D eigenvalue weighted by molar-refractivity contribution is -0.138. The average molecular weight is 397 g/mol. The number of amidine groups is 1. The molecule has 0 bridgehead atoms. The van der Waals surface area contributed by atoms with Crippen molar-refractivity contribution in [3.8, 4) is 11.5 Å². The number of aliphatic hydroxyl groups is 1. The zero-order valence-corrected chi connectivity index (χ0v) is 16.2. The Bertz CT molecular complexity index is 890. The molecule has 8 heteroatoms. The van der Waals surface area contributed by atoms with Gasteiger partial charge in [0.05, 0.1) is 19.4 Å². The van der Waals surface area contributed by atoms with Gasteiger partial charge in [0.25, 0.3) is 5.95 Å². The van der Waals surface area contributed by atoms with E-state index in [2.05, 4.69) is 10.2 Å². The third kappa shape index (κ3) is 6.69. The fourth-order valence-electron chi connectivity index (χ4n) is 2.17. The van der Waals surface area contributed by atoms with Crippen LogP contribution in [0.25, 0.3) is 0 Å². The van der Waals surface area contributed by atoms with Crippen LogP contribution in [-0.4, -0.2) is 36.3 Å². The summed E-state index contributed by atoms with van der Waals surface area (Å²) in [5.41, 5.74) is 6.13. The molecule has 0 radical (unpaired) electrons. The van der Waals surface area contributed by atoms with Crippen LogP contribution in [0.4, 0.5) is 0 Å². The van der Waals surface area contributed by atoms with E-state index in [0.29, 0.717) is 5.75 Å². The summed E-state index contributed by atoms with van der Waals surface area (Å²) < 4.78 is 15.5. The van der Waals surface area contributed by atoms with Gasteiger partial charge in [-0.05, 0) is 55.8 Å². The minimum absolute atomic E-state index is 0.107. The number of nitrogens with zero attached hydrogens (tertiary/aromatic N) is 2. The summed E-state index contributed by atoms with van der Waals surface area (Å²) in [4.78, 5) is 12.0. The van der Waals surface area contributed by atoms with E-state index in [-0.39, 0.29) is 24.6 Å². The fourth-order valence-corrected chi connectivity index (χ4v) is 2.17. The SMILES string of the molecule is CCOC(=O)C(=C(/O)OCC)/C(N)=N\N=C/c1ccc(Oc2ccccc2)cc1. The Hall–Kier alpha value is -3.81. The third-order valence-corrected chi connectivity index (χ3v) is 3.46. The Balaban J connectivity index is 2.10. The average Bonchev–Trinajstić information content (AvgIpc) is 2.71. The molecule has 0 aliphatic heterocycles. The Kier molecular flexibility index (Phi) is 8.25. The van der Waals surface area contributed by atoms with E-state index in [4.69, 9.17) is 19.9 Å². The number of rotatable bonds is 9. The number of ether oxygens (including phenoxy) is 3. The molecule has 0 spiro atoms. The molecule has 2 aromatic carbocycles. The molecule has 0 atom stereocenters. The maximum atomic E-state index is 12.0. The van der Waals surface area contributed by atoms with Crippen LogP contribution in [0.5, 0.6) is 11.5 Å². The van der Waals surface area contributed by atoms with Gasteiger partial charge in [0.2, 0.25) is 0 Å². The summed E-state index contributed by atoms with van der Waals surface area (Å²) >= 11 is 0. The molecule has 8 nitrogen and oxygen atoms in total. The molecule has 0 heterocycles. The number of hydrogen-bond acceptors (Lipinski definition) is 7. The molecular formula is C21H23N3O5. The van der Waals surface area contributed by atoms with E-state index in [0.717, 1.165) is 11.3 Å². The highest BCUT2D eigenvalue weighted by molar-refractivity contribution is 6.18. The number of hydrogen-bond donors (Lipinski definition) is 2. The van der Waals surface area contributed by atoms with Gasteiger partial charge in [-0.25, -0.2) is 4.79 Å². The highest BCUT2D eigenvalue weighted by atomic mass is 16.6. The highest BCUT2D eigenvalue weighted by Crippen LogP contribution is 2.20. The van der Waals surface area contributed by atoms with Crippen LogP contribution in [0.3, 0.4) is 0 Å². The topological polar surface area (TPSA) is 116 Å². The first-order chi connectivity index (χ1) is 14.0. The molecule has 0 unspecified atom stereocenters. The fraction of sp³-hybridized carbons (Fsp3) is 0.190. The van der Waals surface area contributed by atoms with Crippen LogP contribution >= 0.6 is 0 Å². The lowest BCUT2D eigenvalue weighted by Gasteiger charge is -2.08. The van der Waals surface area contributed by atoms with Crippen LogP contribution in [0, 0.1) is 0 Å². The molecule has 2 rings (SSSR count). The summed E-state index contributed by atoms with van der Waals surface area (Å²) in [6.07, 6.45) is 1.44. The van der Waals surface area contributed by atoms with Crippen molar-refractivity contribution in [3.63, 3.8) is 0 Å². The van der Waals surface area contributed by atoms with Crippen molar-refractivity contribution in [1.29, 1.82) is 0 Å². The van der Waals surface area contributed by atoms with Crippen molar-refractivity contribution < 1.29 is 24.1 Å². The zero-order valence-electron chi connectivity index (χ0n) is 16.2. The second-order valence-corrected chi connectivity index (χ2v) is 5.55. The Morgan fingerprint density at radius 1 is 1.00 bits per heavy atom. The van der Waals surface area contributed by atoms with Crippen LogP contribution < -0.4 is 10.5 Å². The third-order valence-electron chi connectivity index (χ3n) is 3.46. The van der Waals surface area contributed by atoms with Crippen molar-refractivity contribution >= 4 is 18.0 Å². The number of aliphatic hydroxyl groups excluding tert-OH is 1. The molecular weight excluding hydrogens is 374 g/mol. The molecule has 0 aliphatic carbocycles. The first-order valence-corrected chi connectivity index (χ1v) is 8.98. The Labute approximate surface area is 168 Å². The van der Waals surface area contributed by atoms with Crippen LogP contribution in [-0.2, 0) is 14.3 Å². The Morgan fingerprint density at radius 3 is 2.24 bits per heavy atom. The molecule has 3 N–H and O–H groups in total. The number of carbonyl (C=O) groups excluding carboxylic acids is 1. The minimum atomic E-state index is -0.850. The van der Waals surface area contributed by atoms with E-state index < -0.39 is 11.9 Å². The number of esters is 1. The van der Waals surface area contributed by atoms with E-state index in [9.17, 15) is 9.90 Å². The first kappa shape index (κ1) is 21.5. The van der Waals surface area contributed by atoms with Gasteiger partial charge in [0.1, 0.15) is 11.5 Å². The van der Waals surface area contributed by atoms with Crippen LogP contribution in [0.1, 0.15) is 19.4 Å². The number of benzene rings is 2. The van der Waals surface area contributed by atoms with Gasteiger partial charge in [-0.1, -0.05) is 18.2 Å². The van der Waals surface area contributed by atoms with E-state index in [1.54, 1.807) is 38.1 Å². The molecule has 0 saturated heterocycles. The quantitative estimate of drug-likeness (QED) is 0.167. The first-order valence-electron chi connectivity index (χ1n) is 8.98. The van der Waals surface area contributed by atoms with Gasteiger partial charge in [-0.2, -0.15) is 5.10 Å². The molecule has 0 aliphatic rings. The van der Waals surface area contributed by atoms with E-state index >= 15 is 0 Å². The number of para-hydroxylation sites is 1. The molecule has 0 fully saturated rings. The van der Waals surface area contributed by atoms with Crippen LogP contribution in [0.15, 0.2) is 76.3 Å². The maximum absolute atomic E-state index is 12.0. The molecule has 0 aromatic heterocycles. The van der Waals surface area contributed by atoms with E-state index in [1.165, 1.54) is 6.21 Å². The second kappa shape index (κ2) is 11.1. The maximum Gasteiger partial charge on any atom is 0.349 e. The smallest absolute Gasteiger partial charge is 0.349 e. The van der Waals surface area contributed by atoms with Gasteiger partial charge in [-0.3, -0.25) is 0 Å². The van der Waals surface area contributed by atoms with Crippen molar-refractivity contribution in [2.24, 2.45) is 15.9 Å². The van der Waals surface area contributed by atoms with Crippen molar-refractivity contribution in [1.82, 2.24) is 0 Å². The number of carbonyl (C=O) groups is 1. The summed E-state index contributed by atoms with van der Waals surface area (Å²) in [5, 5.41) is 17.5. The van der Waals surface area contributed by atoms with Crippen molar-refractivity contribution in [3.05, 3.63) is 71.7 Å². The lowest BCUT2D eigenvalue weighted by Crippen LogP contribution is -2.25. The molecule has 0 amide bonds.